The zero-order valence-electron chi connectivity index (χ0n) is 21.4. The minimum absolute atomic E-state index is 0.0926. The molecule has 0 bridgehead atoms. The molecule has 6 nitrogen and oxygen atoms in total. The molecule has 0 radical (unpaired) electrons. The smallest absolute Gasteiger partial charge is 0.227 e. The molecule has 0 spiro atoms. The molecule has 2 saturated heterocycles. The number of carbonyl (C=O) groups is 1. The number of likely N-dealkylation sites (tertiary alicyclic amines) is 1. The fraction of sp³-hybridized carbons (Fsp3) is 0.517. The van der Waals surface area contributed by atoms with Gasteiger partial charge in [0.2, 0.25) is 5.91 Å². The quantitative estimate of drug-likeness (QED) is 0.435. The van der Waals surface area contributed by atoms with Gasteiger partial charge in [-0.25, -0.2) is 4.98 Å². The van der Waals surface area contributed by atoms with Crippen molar-refractivity contribution < 1.29 is 4.79 Å². The molecule has 7 heteroatoms. The van der Waals surface area contributed by atoms with Gasteiger partial charge in [-0.15, -0.1) is 0 Å². The van der Waals surface area contributed by atoms with Crippen LogP contribution in [0.3, 0.4) is 0 Å². The molecule has 192 valence electrons. The van der Waals surface area contributed by atoms with Crippen molar-refractivity contribution >= 4 is 28.5 Å². The standard InChI is InChI=1S/C29H38ClN5O/c1-2-3-14-32-16-18-34(19-17-32)29(36)24-7-6-15-33(21-24)22-28-31-26-8-4-5-9-27(26)35(28)20-23-10-12-25(30)13-11-23/h4-5,8-13,24H,2-3,6-7,14-22H2,1H3/t24-/m0/s1. The number of unbranched alkanes of at least 4 members (excludes halogenated alkanes) is 1. The molecule has 0 aliphatic carbocycles. The molecule has 2 aliphatic heterocycles. The first kappa shape index (κ1) is 25.2. The first-order valence-corrected chi connectivity index (χ1v) is 13.9. The van der Waals surface area contributed by atoms with Crippen molar-refractivity contribution in [3.8, 4) is 0 Å². The van der Waals surface area contributed by atoms with Crippen LogP contribution in [0, 0.1) is 5.92 Å². The van der Waals surface area contributed by atoms with E-state index in [-0.39, 0.29) is 5.92 Å². The Balaban J connectivity index is 1.25. The number of amides is 1. The van der Waals surface area contributed by atoms with Gasteiger partial charge in [0.05, 0.1) is 23.5 Å². The maximum atomic E-state index is 13.4. The van der Waals surface area contributed by atoms with Crippen molar-refractivity contribution in [2.45, 2.75) is 45.7 Å². The van der Waals surface area contributed by atoms with Crippen LogP contribution in [-0.2, 0) is 17.9 Å². The number of aromatic nitrogens is 2. The van der Waals surface area contributed by atoms with Gasteiger partial charge in [0.1, 0.15) is 5.82 Å². The number of halogens is 1. The van der Waals surface area contributed by atoms with Crippen LogP contribution in [-0.4, -0.2) is 76.0 Å². The Labute approximate surface area is 219 Å². The Morgan fingerprint density at radius 3 is 2.53 bits per heavy atom. The van der Waals surface area contributed by atoms with Crippen LogP contribution in [0.4, 0.5) is 0 Å². The van der Waals surface area contributed by atoms with E-state index < -0.39 is 0 Å². The van der Waals surface area contributed by atoms with E-state index in [0.29, 0.717) is 5.91 Å². The van der Waals surface area contributed by atoms with E-state index in [1.165, 1.54) is 18.4 Å². The largest absolute Gasteiger partial charge is 0.340 e. The lowest BCUT2D eigenvalue weighted by molar-refractivity contribution is -0.139. The van der Waals surface area contributed by atoms with Gasteiger partial charge in [0.15, 0.2) is 0 Å². The van der Waals surface area contributed by atoms with Gasteiger partial charge in [0, 0.05) is 44.3 Å². The van der Waals surface area contributed by atoms with Crippen molar-refractivity contribution in [1.29, 1.82) is 0 Å². The molecule has 3 heterocycles. The van der Waals surface area contributed by atoms with Crippen LogP contribution in [0.5, 0.6) is 0 Å². The third-order valence-electron chi connectivity index (χ3n) is 7.72. The van der Waals surface area contributed by atoms with Gasteiger partial charge >= 0.3 is 0 Å². The zero-order valence-corrected chi connectivity index (χ0v) is 22.2. The van der Waals surface area contributed by atoms with Gasteiger partial charge in [-0.3, -0.25) is 14.6 Å². The summed E-state index contributed by atoms with van der Waals surface area (Å²) in [4.78, 5) is 25.5. The van der Waals surface area contributed by atoms with Gasteiger partial charge in [-0.1, -0.05) is 49.2 Å². The summed E-state index contributed by atoms with van der Waals surface area (Å²) in [5.74, 6) is 1.50. The first-order valence-electron chi connectivity index (χ1n) is 13.5. The van der Waals surface area contributed by atoms with E-state index in [9.17, 15) is 4.79 Å². The van der Waals surface area contributed by atoms with Crippen LogP contribution in [0.1, 0.15) is 44.0 Å². The lowest BCUT2D eigenvalue weighted by Gasteiger charge is -2.39. The Hall–Kier alpha value is -2.41. The van der Waals surface area contributed by atoms with E-state index in [2.05, 4.69) is 56.5 Å². The molecule has 3 aromatic rings. The normalized spacial score (nSPS) is 19.7. The summed E-state index contributed by atoms with van der Waals surface area (Å²) >= 11 is 6.11. The fourth-order valence-electron chi connectivity index (χ4n) is 5.63. The van der Waals surface area contributed by atoms with Crippen LogP contribution >= 0.6 is 11.6 Å². The molecule has 2 aromatic carbocycles. The number of imidazole rings is 1. The highest BCUT2D eigenvalue weighted by molar-refractivity contribution is 6.30. The summed E-state index contributed by atoms with van der Waals surface area (Å²) in [5, 5.41) is 0.751. The lowest BCUT2D eigenvalue weighted by atomic mass is 9.96. The molecule has 0 saturated carbocycles. The molecule has 5 rings (SSSR count). The topological polar surface area (TPSA) is 44.6 Å². The molecule has 0 N–H and O–H groups in total. The SMILES string of the molecule is CCCCN1CCN(C(=O)[C@H]2CCCN(Cc3nc4ccccc4n3Cc3ccc(Cl)cc3)C2)CC1. The second-order valence-electron chi connectivity index (χ2n) is 10.3. The Bertz CT molecular complexity index is 1150. The molecule has 0 unspecified atom stereocenters. The maximum Gasteiger partial charge on any atom is 0.227 e. The third kappa shape index (κ3) is 5.93. The van der Waals surface area contributed by atoms with Crippen LogP contribution in [0.25, 0.3) is 11.0 Å². The van der Waals surface area contributed by atoms with Crippen molar-refractivity contribution in [3.05, 3.63) is 64.9 Å². The number of benzene rings is 2. The third-order valence-corrected chi connectivity index (χ3v) is 7.97. The average molecular weight is 508 g/mol. The number of piperidine rings is 1. The number of hydrogen-bond acceptors (Lipinski definition) is 4. The molecular formula is C29H38ClN5O. The zero-order chi connectivity index (χ0) is 24.9. The number of carbonyl (C=O) groups excluding carboxylic acids is 1. The fourth-order valence-corrected chi connectivity index (χ4v) is 5.75. The summed E-state index contributed by atoms with van der Waals surface area (Å²) in [6, 6.07) is 16.4. The number of para-hydroxylation sites is 2. The summed E-state index contributed by atoms with van der Waals surface area (Å²) in [6.45, 7) is 10.5. The second kappa shape index (κ2) is 11.8. The van der Waals surface area contributed by atoms with Gasteiger partial charge in [-0.2, -0.15) is 0 Å². The summed E-state index contributed by atoms with van der Waals surface area (Å²) in [5.41, 5.74) is 3.37. The monoisotopic (exact) mass is 507 g/mol. The molecule has 1 amide bonds. The Morgan fingerprint density at radius 1 is 0.972 bits per heavy atom. The van der Waals surface area contributed by atoms with Crippen LogP contribution < -0.4 is 0 Å². The van der Waals surface area contributed by atoms with E-state index in [1.54, 1.807) is 0 Å². The number of rotatable bonds is 8. The summed E-state index contributed by atoms with van der Waals surface area (Å²) < 4.78 is 2.32. The van der Waals surface area contributed by atoms with Gasteiger partial charge in [-0.05, 0) is 62.2 Å². The molecule has 2 aliphatic rings. The van der Waals surface area contributed by atoms with Crippen molar-refractivity contribution in [2.24, 2.45) is 5.92 Å². The van der Waals surface area contributed by atoms with Gasteiger partial charge in [0.25, 0.3) is 0 Å². The minimum atomic E-state index is 0.0926. The number of hydrogen-bond donors (Lipinski definition) is 0. The minimum Gasteiger partial charge on any atom is -0.340 e. The predicted molar refractivity (Wildman–Crippen MR) is 146 cm³/mol. The van der Waals surface area contributed by atoms with Crippen LogP contribution in [0.2, 0.25) is 5.02 Å². The first-order chi connectivity index (χ1) is 17.6. The molecular weight excluding hydrogens is 470 g/mol. The average Bonchev–Trinajstić information content (AvgIpc) is 3.25. The van der Waals surface area contributed by atoms with Crippen molar-refractivity contribution in [3.63, 3.8) is 0 Å². The highest BCUT2D eigenvalue weighted by Gasteiger charge is 2.31. The molecule has 1 aromatic heterocycles. The molecule has 2 fully saturated rings. The van der Waals surface area contributed by atoms with Crippen molar-refractivity contribution in [2.75, 3.05) is 45.8 Å². The van der Waals surface area contributed by atoms with E-state index >= 15 is 0 Å². The van der Waals surface area contributed by atoms with Gasteiger partial charge < -0.3 is 9.47 Å². The predicted octanol–water partition coefficient (Wildman–Crippen LogP) is 4.89. The maximum absolute atomic E-state index is 13.4. The van der Waals surface area contributed by atoms with E-state index in [0.717, 1.165) is 93.6 Å². The Kier molecular flexibility index (Phi) is 8.25. The van der Waals surface area contributed by atoms with E-state index in [4.69, 9.17) is 16.6 Å². The van der Waals surface area contributed by atoms with Crippen molar-refractivity contribution in [1.82, 2.24) is 24.3 Å². The second-order valence-corrected chi connectivity index (χ2v) is 10.8. The number of piperazine rings is 1. The highest BCUT2D eigenvalue weighted by Crippen LogP contribution is 2.24. The summed E-state index contributed by atoms with van der Waals surface area (Å²) in [6.07, 6.45) is 4.52. The lowest BCUT2D eigenvalue weighted by Crippen LogP contribution is -2.52. The number of nitrogens with zero attached hydrogens (tertiary/aromatic N) is 5. The Morgan fingerprint density at radius 2 is 1.75 bits per heavy atom. The highest BCUT2D eigenvalue weighted by atomic mass is 35.5. The molecule has 36 heavy (non-hydrogen) atoms. The number of fused-ring (bicyclic) bond motifs is 1. The summed E-state index contributed by atoms with van der Waals surface area (Å²) in [7, 11) is 0. The van der Waals surface area contributed by atoms with Crippen LogP contribution in [0.15, 0.2) is 48.5 Å². The molecule has 1 atom stereocenters. The van der Waals surface area contributed by atoms with E-state index in [1.807, 2.05) is 18.2 Å².